The van der Waals surface area contributed by atoms with Crippen molar-refractivity contribution in [3.8, 4) is 0 Å². The highest BCUT2D eigenvalue weighted by atomic mass is 127. The zero-order chi connectivity index (χ0) is 32.1. The molecule has 3 aliphatic rings. The first kappa shape index (κ1) is 31.4. The average molecular weight is 719 g/mol. The van der Waals surface area contributed by atoms with E-state index < -0.39 is 22.5 Å². The van der Waals surface area contributed by atoms with Gasteiger partial charge in [0, 0.05) is 41.0 Å². The van der Waals surface area contributed by atoms with Crippen molar-refractivity contribution < 1.29 is 19.1 Å². The molecule has 234 valence electrons. The number of ether oxygens (including phenoxy) is 1. The van der Waals surface area contributed by atoms with Crippen LogP contribution in [0.3, 0.4) is 0 Å². The number of rotatable bonds is 6. The van der Waals surface area contributed by atoms with E-state index in [2.05, 4.69) is 57.9 Å². The Bertz CT molecular complexity index is 1710. The van der Waals surface area contributed by atoms with Crippen LogP contribution in [-0.2, 0) is 39.0 Å². The number of aromatic nitrogens is 2. The number of carbonyl (C=O) groups excluding carboxylic acids is 3. The lowest BCUT2D eigenvalue weighted by atomic mass is 9.79. The summed E-state index contributed by atoms with van der Waals surface area (Å²) < 4.78 is 6.32. The fourth-order valence-corrected chi connectivity index (χ4v) is 7.11. The Kier molecular flexibility index (Phi) is 8.12. The molecule has 9 heteroatoms. The summed E-state index contributed by atoms with van der Waals surface area (Å²) in [7, 11) is 0. The number of hydrogen-bond donors (Lipinski definition) is 0. The van der Waals surface area contributed by atoms with Gasteiger partial charge in [-0.15, -0.1) is 0 Å². The van der Waals surface area contributed by atoms with Crippen LogP contribution in [0.15, 0.2) is 60.9 Å². The smallest absolute Gasteiger partial charge is 0.423 e. The van der Waals surface area contributed by atoms with Crippen LogP contribution in [0, 0.1) is 5.41 Å². The van der Waals surface area contributed by atoms with E-state index in [9.17, 15) is 14.4 Å². The molecule has 0 radical (unpaired) electrons. The van der Waals surface area contributed by atoms with Crippen LogP contribution in [0.4, 0.5) is 10.6 Å². The Morgan fingerprint density at radius 1 is 1.09 bits per heavy atom. The molecule has 6 rings (SSSR count). The Labute approximate surface area is 278 Å². The van der Waals surface area contributed by atoms with Crippen LogP contribution in [0.1, 0.15) is 80.6 Å². The number of anilines is 1. The predicted octanol–water partition coefficient (Wildman–Crippen LogP) is 6.79. The number of imide groups is 1. The van der Waals surface area contributed by atoms with E-state index >= 15 is 0 Å². The first-order chi connectivity index (χ1) is 21.3. The SMILES string of the molecule is CC(C)(C)OC(=O)N1C(=O)[C@]2(Cc3cc(/C=C/CN(C(=O)C(C)(C)CI)[C@@H]4CCc5ccccc54)cnc3C2)c2cccnc21. The van der Waals surface area contributed by atoms with E-state index in [1.54, 1.807) is 33.0 Å². The molecule has 0 saturated heterocycles. The Hall–Kier alpha value is -3.60. The lowest BCUT2D eigenvalue weighted by molar-refractivity contribution is -0.141. The molecule has 2 atom stereocenters. The van der Waals surface area contributed by atoms with Gasteiger partial charge in [0.15, 0.2) is 0 Å². The fourth-order valence-electron chi connectivity index (χ4n) is 6.79. The molecule has 8 nitrogen and oxygen atoms in total. The molecule has 3 amide bonds. The summed E-state index contributed by atoms with van der Waals surface area (Å²) in [6, 6.07) is 14.2. The number of fused-ring (bicyclic) bond motifs is 4. The number of alkyl halides is 1. The standard InChI is InChI=1S/C36H39IN4O4/c1-34(2,3)45-33(44)41-30-27(13-8-16-38-30)36(32(41)43)19-25-18-23(21-39-28(25)20-36)10-9-17-40(31(42)35(4,5)22-37)29-15-14-24-11-6-7-12-26(24)29/h6-13,16,18,21,29H,14-15,17,19-20,22H2,1-5H3/b10-9+/t29-,36+/m1/s1. The normalized spacial score (nSPS) is 20.4. The summed E-state index contributed by atoms with van der Waals surface area (Å²) in [6.45, 7) is 9.84. The van der Waals surface area contributed by atoms with Crippen molar-refractivity contribution >= 4 is 52.4 Å². The quantitative estimate of drug-likeness (QED) is 0.206. The molecule has 2 aromatic heterocycles. The van der Waals surface area contributed by atoms with Gasteiger partial charge in [0.25, 0.3) is 0 Å². The van der Waals surface area contributed by atoms with Gasteiger partial charge >= 0.3 is 6.09 Å². The van der Waals surface area contributed by atoms with Crippen molar-refractivity contribution in [3.05, 3.63) is 94.4 Å². The van der Waals surface area contributed by atoms with Crippen molar-refractivity contribution in [2.75, 3.05) is 15.9 Å². The zero-order valence-electron chi connectivity index (χ0n) is 26.5. The van der Waals surface area contributed by atoms with Crippen LogP contribution in [0.5, 0.6) is 0 Å². The number of carbonyl (C=O) groups is 3. The van der Waals surface area contributed by atoms with Gasteiger partial charge in [-0.1, -0.05) is 78.9 Å². The molecule has 1 aromatic carbocycles. The van der Waals surface area contributed by atoms with Gasteiger partial charge in [0.05, 0.1) is 16.9 Å². The second kappa shape index (κ2) is 11.6. The highest BCUT2D eigenvalue weighted by Crippen LogP contribution is 2.49. The zero-order valence-corrected chi connectivity index (χ0v) is 28.6. The molecule has 0 fully saturated rings. The number of amides is 3. The van der Waals surface area contributed by atoms with E-state index in [0.717, 1.165) is 44.6 Å². The summed E-state index contributed by atoms with van der Waals surface area (Å²) in [5, 5.41) is 0. The molecule has 3 heterocycles. The van der Waals surface area contributed by atoms with E-state index in [-0.39, 0.29) is 17.9 Å². The third kappa shape index (κ3) is 5.68. The lowest BCUT2D eigenvalue weighted by Crippen LogP contribution is -2.46. The largest absolute Gasteiger partial charge is 0.443 e. The van der Waals surface area contributed by atoms with Gasteiger partial charge in [-0.2, -0.15) is 4.90 Å². The second-order valence-electron chi connectivity index (χ2n) is 13.9. The van der Waals surface area contributed by atoms with Crippen LogP contribution >= 0.6 is 22.6 Å². The molecule has 0 unspecified atom stereocenters. The third-order valence-electron chi connectivity index (χ3n) is 9.01. The number of pyridine rings is 2. The van der Waals surface area contributed by atoms with E-state index in [1.165, 1.54) is 11.1 Å². The summed E-state index contributed by atoms with van der Waals surface area (Å²) in [5.74, 6) is 0.153. The van der Waals surface area contributed by atoms with E-state index in [1.807, 2.05) is 43.2 Å². The van der Waals surface area contributed by atoms with Crippen molar-refractivity contribution in [3.63, 3.8) is 0 Å². The second-order valence-corrected chi connectivity index (χ2v) is 14.7. The number of nitrogens with zero attached hydrogens (tertiary/aromatic N) is 4. The predicted molar refractivity (Wildman–Crippen MR) is 182 cm³/mol. The van der Waals surface area contributed by atoms with Crippen LogP contribution in [0.2, 0.25) is 0 Å². The Morgan fingerprint density at radius 2 is 1.87 bits per heavy atom. The number of aryl methyl sites for hydroxylation is 1. The van der Waals surface area contributed by atoms with Crippen LogP contribution in [-0.4, -0.2) is 49.3 Å². The van der Waals surface area contributed by atoms with E-state index in [0.29, 0.717) is 25.2 Å². The van der Waals surface area contributed by atoms with Gasteiger partial charge in [0.1, 0.15) is 11.4 Å². The van der Waals surface area contributed by atoms with Crippen molar-refractivity contribution in [2.24, 2.45) is 5.41 Å². The summed E-state index contributed by atoms with van der Waals surface area (Å²) in [4.78, 5) is 53.3. The molecule has 2 aliphatic carbocycles. The summed E-state index contributed by atoms with van der Waals surface area (Å²) in [5.41, 5.74) is 3.81. The van der Waals surface area contributed by atoms with E-state index in [4.69, 9.17) is 9.72 Å². The van der Waals surface area contributed by atoms with Gasteiger partial charge in [-0.25, -0.2) is 9.78 Å². The van der Waals surface area contributed by atoms with Crippen molar-refractivity contribution in [1.29, 1.82) is 0 Å². The number of halogens is 1. The summed E-state index contributed by atoms with van der Waals surface area (Å²) >= 11 is 2.30. The summed E-state index contributed by atoms with van der Waals surface area (Å²) in [6.07, 6.45) is 9.43. The Morgan fingerprint density at radius 3 is 2.62 bits per heavy atom. The van der Waals surface area contributed by atoms with Gasteiger partial charge in [0.2, 0.25) is 11.8 Å². The fraction of sp³-hybridized carbons (Fsp3) is 0.417. The lowest BCUT2D eigenvalue weighted by Gasteiger charge is -2.35. The van der Waals surface area contributed by atoms with Gasteiger partial charge in [-0.05, 0) is 74.4 Å². The molecule has 0 bridgehead atoms. The average Bonchev–Trinajstić information content (AvgIpc) is 3.67. The Balaban J connectivity index is 1.24. The molecule has 45 heavy (non-hydrogen) atoms. The first-order valence-corrected chi connectivity index (χ1v) is 17.0. The monoisotopic (exact) mass is 718 g/mol. The third-order valence-corrected chi connectivity index (χ3v) is 10.9. The minimum absolute atomic E-state index is 0.0496. The first-order valence-electron chi connectivity index (χ1n) is 15.5. The molecule has 1 spiro atoms. The maximum Gasteiger partial charge on any atom is 0.423 e. The van der Waals surface area contributed by atoms with Crippen molar-refractivity contribution in [2.45, 2.75) is 77.4 Å². The molecule has 1 aliphatic heterocycles. The number of hydrogen-bond acceptors (Lipinski definition) is 6. The highest BCUT2D eigenvalue weighted by Gasteiger charge is 2.57. The maximum atomic E-state index is 14.0. The minimum atomic E-state index is -0.956. The molecular weight excluding hydrogens is 679 g/mol. The molecule has 0 saturated carbocycles. The molecule has 0 N–H and O–H groups in total. The molecule has 3 aromatic rings. The van der Waals surface area contributed by atoms with Gasteiger partial charge < -0.3 is 9.64 Å². The van der Waals surface area contributed by atoms with Crippen LogP contribution < -0.4 is 4.90 Å². The maximum absolute atomic E-state index is 14.0. The molecular formula is C36H39IN4O4. The minimum Gasteiger partial charge on any atom is -0.443 e. The van der Waals surface area contributed by atoms with Crippen molar-refractivity contribution in [1.82, 2.24) is 14.9 Å². The van der Waals surface area contributed by atoms with Crippen LogP contribution in [0.25, 0.3) is 6.08 Å². The van der Waals surface area contributed by atoms with Gasteiger partial charge in [-0.3, -0.25) is 14.6 Å². The topological polar surface area (TPSA) is 92.7 Å². The number of benzene rings is 1. The highest BCUT2D eigenvalue weighted by molar-refractivity contribution is 14.1.